The predicted molar refractivity (Wildman–Crippen MR) is 95.9 cm³/mol. The molecule has 3 heteroatoms. The third kappa shape index (κ3) is 2.95. The van der Waals surface area contributed by atoms with E-state index in [0.29, 0.717) is 6.79 Å². The highest BCUT2D eigenvalue weighted by atomic mass is 16.7. The fourth-order valence-electron chi connectivity index (χ4n) is 2.64. The number of hydrogen-bond donors (Lipinski definition) is 1. The Morgan fingerprint density at radius 1 is 0.870 bits per heavy atom. The topological polar surface area (TPSA) is 44.5 Å². The highest BCUT2D eigenvalue weighted by Crippen LogP contribution is 2.38. The van der Waals surface area contributed by atoms with Gasteiger partial charge in [0.1, 0.15) is 0 Å². The van der Waals surface area contributed by atoms with Gasteiger partial charge in [-0.25, -0.2) is 0 Å². The van der Waals surface area contributed by atoms with Crippen molar-refractivity contribution < 1.29 is 9.47 Å². The summed E-state index contributed by atoms with van der Waals surface area (Å²) in [7, 11) is 0. The van der Waals surface area contributed by atoms with Gasteiger partial charge in [-0.05, 0) is 34.7 Å². The predicted octanol–water partition coefficient (Wildman–Crippen LogP) is 5.23. The summed E-state index contributed by atoms with van der Waals surface area (Å²) >= 11 is 0. The van der Waals surface area contributed by atoms with Gasteiger partial charge in [0.2, 0.25) is 6.79 Å². The zero-order valence-corrected chi connectivity index (χ0v) is 13.5. The fraction of sp³-hybridized carbons (Fsp3) is 0.200. The molecular weight excluding hydrogens is 286 g/mol. The van der Waals surface area contributed by atoms with E-state index >= 15 is 0 Å². The first-order valence-corrected chi connectivity index (χ1v) is 7.91. The van der Waals surface area contributed by atoms with Crippen LogP contribution in [0, 0.1) is 0 Å². The van der Waals surface area contributed by atoms with Crippen LogP contribution in [0.4, 0.5) is 5.69 Å². The minimum Gasteiger partial charge on any atom is -0.454 e. The molecule has 0 fully saturated rings. The second-order valence-corrected chi connectivity index (χ2v) is 5.52. The van der Waals surface area contributed by atoms with Gasteiger partial charge in [0, 0.05) is 11.1 Å². The number of hydrogen-bond acceptors (Lipinski definition) is 3. The maximum Gasteiger partial charge on any atom is 0.231 e. The van der Waals surface area contributed by atoms with Crippen LogP contribution in [0.3, 0.4) is 0 Å². The van der Waals surface area contributed by atoms with Gasteiger partial charge in [0.05, 0.1) is 0 Å². The number of fused-ring (bicyclic) bond motifs is 2. The maximum absolute atomic E-state index is 6.05. The molecule has 0 aliphatic carbocycles. The molecule has 3 aromatic carbocycles. The summed E-state index contributed by atoms with van der Waals surface area (Å²) in [5, 5.41) is 2.22. The van der Waals surface area contributed by atoms with E-state index in [1.54, 1.807) is 0 Å². The van der Waals surface area contributed by atoms with Gasteiger partial charge in [-0.1, -0.05) is 56.7 Å². The lowest BCUT2D eigenvalue weighted by Crippen LogP contribution is -1.92. The zero-order valence-electron chi connectivity index (χ0n) is 13.5. The van der Waals surface area contributed by atoms with Crippen molar-refractivity contribution in [3.63, 3.8) is 0 Å². The Labute approximate surface area is 136 Å². The van der Waals surface area contributed by atoms with E-state index in [0.717, 1.165) is 39.1 Å². The minimum atomic E-state index is 0.293. The van der Waals surface area contributed by atoms with Gasteiger partial charge >= 0.3 is 0 Å². The van der Waals surface area contributed by atoms with Gasteiger partial charge in [0.25, 0.3) is 0 Å². The first-order chi connectivity index (χ1) is 11.2. The highest BCUT2D eigenvalue weighted by molar-refractivity contribution is 6.03. The van der Waals surface area contributed by atoms with Gasteiger partial charge < -0.3 is 15.2 Å². The standard InChI is InChI=1S/C17H13NO2.C3H8/c18-15-7-6-12(13-3-1-2-4-14(13)15)11-5-8-16-17(9-11)20-10-19-16;1-3-2/h1-9H,10,18H2;3H2,1-2H3. The summed E-state index contributed by atoms with van der Waals surface area (Å²) < 4.78 is 10.8. The van der Waals surface area contributed by atoms with E-state index in [2.05, 4.69) is 26.0 Å². The highest BCUT2D eigenvalue weighted by Gasteiger charge is 2.15. The fourth-order valence-corrected chi connectivity index (χ4v) is 2.64. The molecule has 0 atom stereocenters. The van der Waals surface area contributed by atoms with Crippen molar-refractivity contribution in [1.29, 1.82) is 0 Å². The first kappa shape index (κ1) is 15.2. The number of benzene rings is 3. The SMILES string of the molecule is CCC.Nc1ccc(-c2ccc3c(c2)OCO3)c2ccccc12. The monoisotopic (exact) mass is 307 g/mol. The molecular formula is C20H21NO2. The molecule has 3 nitrogen and oxygen atoms in total. The lowest BCUT2D eigenvalue weighted by atomic mass is 9.97. The Hall–Kier alpha value is -2.68. The number of ether oxygens (including phenoxy) is 2. The summed E-state index contributed by atoms with van der Waals surface area (Å²) in [6, 6.07) is 18.2. The zero-order chi connectivity index (χ0) is 16.2. The van der Waals surface area contributed by atoms with Crippen LogP contribution in [-0.4, -0.2) is 6.79 Å². The van der Waals surface area contributed by atoms with E-state index in [9.17, 15) is 0 Å². The van der Waals surface area contributed by atoms with E-state index < -0.39 is 0 Å². The Bertz CT molecular complexity index is 827. The Morgan fingerprint density at radius 2 is 1.57 bits per heavy atom. The molecule has 0 unspecified atom stereocenters. The van der Waals surface area contributed by atoms with E-state index in [1.165, 1.54) is 6.42 Å². The molecule has 2 N–H and O–H groups in total. The van der Waals surface area contributed by atoms with Crippen molar-refractivity contribution >= 4 is 16.5 Å². The van der Waals surface area contributed by atoms with Gasteiger partial charge in [-0.2, -0.15) is 0 Å². The van der Waals surface area contributed by atoms with Crippen LogP contribution in [0.2, 0.25) is 0 Å². The second kappa shape index (κ2) is 6.61. The molecule has 1 aliphatic rings. The summed E-state index contributed by atoms with van der Waals surface area (Å²) in [6.07, 6.45) is 1.25. The van der Waals surface area contributed by atoms with Gasteiger partial charge in [-0.3, -0.25) is 0 Å². The van der Waals surface area contributed by atoms with Gasteiger partial charge in [-0.15, -0.1) is 0 Å². The van der Waals surface area contributed by atoms with Crippen LogP contribution in [0.5, 0.6) is 11.5 Å². The van der Waals surface area contributed by atoms with Crippen LogP contribution < -0.4 is 15.2 Å². The minimum absolute atomic E-state index is 0.293. The van der Waals surface area contributed by atoms with Crippen LogP contribution >= 0.6 is 0 Å². The number of nitrogen functional groups attached to an aromatic ring is 1. The third-order valence-electron chi connectivity index (χ3n) is 3.64. The molecule has 0 saturated carbocycles. The molecule has 118 valence electrons. The van der Waals surface area contributed by atoms with Crippen LogP contribution in [0.25, 0.3) is 21.9 Å². The molecule has 0 amide bonds. The summed E-state index contributed by atoms with van der Waals surface area (Å²) in [6.45, 7) is 4.54. The molecule has 0 saturated heterocycles. The van der Waals surface area contributed by atoms with Crippen molar-refractivity contribution in [2.45, 2.75) is 20.3 Å². The smallest absolute Gasteiger partial charge is 0.231 e. The van der Waals surface area contributed by atoms with E-state index in [-0.39, 0.29) is 0 Å². The molecule has 1 heterocycles. The molecule has 0 aromatic heterocycles. The van der Waals surface area contributed by atoms with Crippen LogP contribution in [0.15, 0.2) is 54.6 Å². The number of rotatable bonds is 1. The molecule has 3 aromatic rings. The lowest BCUT2D eigenvalue weighted by molar-refractivity contribution is 0.174. The van der Waals surface area contributed by atoms with Crippen LogP contribution in [-0.2, 0) is 0 Å². The number of anilines is 1. The molecule has 0 radical (unpaired) electrons. The lowest BCUT2D eigenvalue weighted by Gasteiger charge is -2.09. The maximum atomic E-state index is 6.05. The molecule has 23 heavy (non-hydrogen) atoms. The van der Waals surface area contributed by atoms with E-state index in [4.69, 9.17) is 15.2 Å². The quantitative estimate of drug-likeness (QED) is 0.626. The van der Waals surface area contributed by atoms with Crippen molar-refractivity contribution in [2.75, 3.05) is 12.5 Å². The average Bonchev–Trinajstić information content (AvgIpc) is 3.04. The largest absolute Gasteiger partial charge is 0.454 e. The van der Waals surface area contributed by atoms with Crippen molar-refractivity contribution in [3.05, 3.63) is 54.6 Å². The Kier molecular flexibility index (Phi) is 4.38. The van der Waals surface area contributed by atoms with Gasteiger partial charge in [0.15, 0.2) is 11.5 Å². The second-order valence-electron chi connectivity index (χ2n) is 5.52. The van der Waals surface area contributed by atoms with Crippen LogP contribution in [0.1, 0.15) is 20.3 Å². The van der Waals surface area contributed by atoms with E-state index in [1.807, 2.05) is 42.5 Å². The molecule has 0 spiro atoms. The number of nitrogens with two attached hydrogens (primary N) is 1. The van der Waals surface area contributed by atoms with Crippen molar-refractivity contribution in [3.8, 4) is 22.6 Å². The Morgan fingerprint density at radius 3 is 2.35 bits per heavy atom. The first-order valence-electron chi connectivity index (χ1n) is 7.91. The molecule has 4 rings (SSSR count). The normalized spacial score (nSPS) is 11.9. The third-order valence-corrected chi connectivity index (χ3v) is 3.64. The summed E-state index contributed by atoms with van der Waals surface area (Å²) in [4.78, 5) is 0. The summed E-state index contributed by atoms with van der Waals surface area (Å²) in [5.74, 6) is 1.59. The molecule has 1 aliphatic heterocycles. The Balaban J connectivity index is 0.000000485. The average molecular weight is 307 g/mol. The van der Waals surface area contributed by atoms with Crippen molar-refractivity contribution in [1.82, 2.24) is 0 Å². The summed E-state index contributed by atoms with van der Waals surface area (Å²) in [5.41, 5.74) is 9.09. The molecule has 0 bridgehead atoms. The van der Waals surface area contributed by atoms with Crippen molar-refractivity contribution in [2.24, 2.45) is 0 Å².